The number of benzene rings is 2. The second-order valence-electron chi connectivity index (χ2n) is 7.43. The largest absolute Gasteiger partial charge is 0.336 e. The van der Waals surface area contributed by atoms with Gasteiger partial charge in [0.15, 0.2) is 5.78 Å². The molecule has 0 bridgehead atoms. The quantitative estimate of drug-likeness (QED) is 0.644. The number of Topliss-reactive ketones (excluding diaryl/α,β-unsaturated/α-hetero) is 1. The Morgan fingerprint density at radius 3 is 2.14 bits per heavy atom. The number of nitrogens with zero attached hydrogens (tertiary/aromatic N) is 1. The molecule has 0 heterocycles. The molecule has 5 nitrogen and oxygen atoms in total. The number of carbonyl (C=O) groups is 3. The molecule has 0 radical (unpaired) electrons. The molecule has 0 atom stereocenters. The van der Waals surface area contributed by atoms with Crippen molar-refractivity contribution in [1.82, 2.24) is 4.90 Å². The van der Waals surface area contributed by atoms with Gasteiger partial charge in [0.25, 0.3) is 0 Å². The van der Waals surface area contributed by atoms with Crippen molar-refractivity contribution in [3.63, 3.8) is 0 Å². The summed E-state index contributed by atoms with van der Waals surface area (Å²) in [6.07, 6.45) is 2.27. The van der Waals surface area contributed by atoms with E-state index in [4.69, 9.17) is 0 Å². The molecule has 0 aliphatic heterocycles. The van der Waals surface area contributed by atoms with E-state index in [1.54, 1.807) is 7.05 Å². The number of aryl methyl sites for hydroxylation is 3. The van der Waals surface area contributed by atoms with E-state index in [2.05, 4.69) is 12.2 Å². The van der Waals surface area contributed by atoms with Crippen LogP contribution in [0.5, 0.6) is 0 Å². The summed E-state index contributed by atoms with van der Waals surface area (Å²) in [5.41, 5.74) is 4.55. The minimum absolute atomic E-state index is 0.0491. The summed E-state index contributed by atoms with van der Waals surface area (Å²) in [6, 6.07) is 13.4. The minimum atomic E-state index is -0.254. The van der Waals surface area contributed by atoms with E-state index in [-0.39, 0.29) is 37.0 Å². The lowest BCUT2D eigenvalue weighted by Gasteiger charge is -2.18. The molecule has 154 valence electrons. The zero-order chi connectivity index (χ0) is 21.4. The fraction of sp³-hybridized carbons (Fsp3) is 0.375. The van der Waals surface area contributed by atoms with Crippen molar-refractivity contribution in [2.75, 3.05) is 18.9 Å². The lowest BCUT2D eigenvalue weighted by Crippen LogP contribution is -2.35. The maximum absolute atomic E-state index is 12.3. The summed E-state index contributed by atoms with van der Waals surface area (Å²) in [6.45, 7) is 5.92. The summed E-state index contributed by atoms with van der Waals surface area (Å²) in [5, 5.41) is 2.87. The first kappa shape index (κ1) is 22.3. The van der Waals surface area contributed by atoms with Crippen molar-refractivity contribution < 1.29 is 14.4 Å². The van der Waals surface area contributed by atoms with Gasteiger partial charge in [-0.05, 0) is 37.0 Å². The highest BCUT2D eigenvalue weighted by molar-refractivity contribution is 5.99. The van der Waals surface area contributed by atoms with E-state index in [1.807, 2.05) is 56.3 Å². The second kappa shape index (κ2) is 10.6. The van der Waals surface area contributed by atoms with E-state index in [1.165, 1.54) is 10.5 Å². The molecule has 2 rings (SSSR count). The molecule has 0 fully saturated rings. The number of rotatable bonds is 9. The Balaban J connectivity index is 1.83. The van der Waals surface area contributed by atoms with Gasteiger partial charge in [0.05, 0.1) is 6.54 Å². The van der Waals surface area contributed by atoms with Gasteiger partial charge in [-0.1, -0.05) is 55.8 Å². The Kier molecular flexibility index (Phi) is 8.13. The molecule has 0 unspecified atom stereocenters. The first-order valence-electron chi connectivity index (χ1n) is 10.0. The van der Waals surface area contributed by atoms with Crippen LogP contribution in [0.2, 0.25) is 0 Å². The number of hydrogen-bond acceptors (Lipinski definition) is 3. The molecule has 0 aliphatic rings. The summed E-state index contributed by atoms with van der Waals surface area (Å²) >= 11 is 0. The van der Waals surface area contributed by atoms with Crippen molar-refractivity contribution in [3.05, 3.63) is 64.7 Å². The molecule has 0 spiro atoms. The second-order valence-corrected chi connectivity index (χ2v) is 7.43. The number of carbonyl (C=O) groups excluding carboxylic acids is 3. The monoisotopic (exact) mass is 394 g/mol. The number of ketones is 1. The molecule has 29 heavy (non-hydrogen) atoms. The number of para-hydroxylation sites is 1. The van der Waals surface area contributed by atoms with Crippen molar-refractivity contribution in [2.45, 2.75) is 46.5 Å². The molecule has 1 N–H and O–H groups in total. The zero-order valence-corrected chi connectivity index (χ0v) is 17.7. The Morgan fingerprint density at radius 2 is 1.55 bits per heavy atom. The smallest absolute Gasteiger partial charge is 0.243 e. The SMILES string of the molecule is CCCc1ccc(C(=O)CCC(=O)N(C)CC(=O)Nc2c(C)cccc2C)cc1. The van der Waals surface area contributed by atoms with Gasteiger partial charge in [0.2, 0.25) is 11.8 Å². The third-order valence-corrected chi connectivity index (χ3v) is 4.93. The molecule has 2 aromatic carbocycles. The number of amides is 2. The van der Waals surface area contributed by atoms with Crippen LogP contribution in [0.3, 0.4) is 0 Å². The minimum Gasteiger partial charge on any atom is -0.336 e. The number of anilines is 1. The molecule has 0 aromatic heterocycles. The van der Waals surface area contributed by atoms with Gasteiger partial charge in [-0.2, -0.15) is 0 Å². The summed E-state index contributed by atoms with van der Waals surface area (Å²) in [7, 11) is 1.58. The molecule has 2 amide bonds. The van der Waals surface area contributed by atoms with Crippen LogP contribution < -0.4 is 5.32 Å². The fourth-order valence-electron chi connectivity index (χ4n) is 3.20. The zero-order valence-electron chi connectivity index (χ0n) is 17.7. The molecule has 0 saturated heterocycles. The lowest BCUT2D eigenvalue weighted by molar-refractivity contribution is -0.133. The summed E-state index contributed by atoms with van der Waals surface area (Å²) in [4.78, 5) is 38.3. The molecular weight excluding hydrogens is 364 g/mol. The van der Waals surface area contributed by atoms with Crippen LogP contribution in [0, 0.1) is 13.8 Å². The van der Waals surface area contributed by atoms with Crippen LogP contribution in [0.4, 0.5) is 5.69 Å². The molecule has 0 aliphatic carbocycles. The van der Waals surface area contributed by atoms with Gasteiger partial charge in [-0.15, -0.1) is 0 Å². The van der Waals surface area contributed by atoms with Crippen LogP contribution in [0.25, 0.3) is 0 Å². The van der Waals surface area contributed by atoms with Crippen LogP contribution >= 0.6 is 0 Å². The van der Waals surface area contributed by atoms with Crippen molar-refractivity contribution in [1.29, 1.82) is 0 Å². The maximum Gasteiger partial charge on any atom is 0.243 e. The first-order valence-corrected chi connectivity index (χ1v) is 10.0. The van der Waals surface area contributed by atoms with E-state index >= 15 is 0 Å². The lowest BCUT2D eigenvalue weighted by atomic mass is 10.0. The van der Waals surface area contributed by atoms with Crippen molar-refractivity contribution >= 4 is 23.3 Å². The van der Waals surface area contributed by atoms with Crippen LogP contribution in [0.1, 0.15) is 53.2 Å². The number of hydrogen-bond donors (Lipinski definition) is 1. The van der Waals surface area contributed by atoms with Crippen molar-refractivity contribution in [3.8, 4) is 0 Å². The van der Waals surface area contributed by atoms with Crippen LogP contribution in [0.15, 0.2) is 42.5 Å². The van der Waals surface area contributed by atoms with Gasteiger partial charge in [0, 0.05) is 31.1 Å². The first-order chi connectivity index (χ1) is 13.8. The van der Waals surface area contributed by atoms with Crippen molar-refractivity contribution in [2.24, 2.45) is 0 Å². The van der Waals surface area contributed by atoms with Gasteiger partial charge in [0.1, 0.15) is 0 Å². The Labute approximate surface area is 173 Å². The normalized spacial score (nSPS) is 10.5. The third-order valence-electron chi connectivity index (χ3n) is 4.93. The standard InChI is InChI=1S/C24H30N2O3/c1-5-7-19-10-12-20(13-11-19)21(27)14-15-23(29)26(4)16-22(28)25-24-17(2)8-6-9-18(24)3/h6,8-13H,5,7,14-16H2,1-4H3,(H,25,28). The average molecular weight is 395 g/mol. The van der Waals surface area contributed by atoms with Gasteiger partial charge < -0.3 is 10.2 Å². The molecule has 5 heteroatoms. The van der Waals surface area contributed by atoms with Crippen LogP contribution in [-0.4, -0.2) is 36.1 Å². The highest BCUT2D eigenvalue weighted by Crippen LogP contribution is 2.19. The van der Waals surface area contributed by atoms with E-state index in [0.717, 1.165) is 29.7 Å². The number of likely N-dealkylation sites (N-methyl/N-ethyl adjacent to an activating group) is 1. The van der Waals surface area contributed by atoms with Gasteiger partial charge in [-0.3, -0.25) is 14.4 Å². The highest BCUT2D eigenvalue weighted by Gasteiger charge is 2.16. The topological polar surface area (TPSA) is 66.5 Å². The van der Waals surface area contributed by atoms with E-state index in [9.17, 15) is 14.4 Å². The third kappa shape index (κ3) is 6.56. The average Bonchev–Trinajstić information content (AvgIpc) is 2.69. The van der Waals surface area contributed by atoms with Gasteiger partial charge >= 0.3 is 0 Å². The molecular formula is C24H30N2O3. The van der Waals surface area contributed by atoms with E-state index in [0.29, 0.717) is 5.56 Å². The Morgan fingerprint density at radius 1 is 0.931 bits per heavy atom. The summed E-state index contributed by atoms with van der Waals surface area (Å²) in [5.74, 6) is -0.538. The van der Waals surface area contributed by atoms with Gasteiger partial charge in [-0.25, -0.2) is 0 Å². The Hall–Kier alpha value is -2.95. The number of nitrogens with one attached hydrogen (secondary N) is 1. The predicted molar refractivity (Wildman–Crippen MR) is 116 cm³/mol. The van der Waals surface area contributed by atoms with Crippen LogP contribution in [-0.2, 0) is 16.0 Å². The Bertz CT molecular complexity index is 852. The van der Waals surface area contributed by atoms with E-state index < -0.39 is 0 Å². The molecule has 2 aromatic rings. The predicted octanol–water partition coefficient (Wildman–Crippen LogP) is 4.32. The fourth-order valence-corrected chi connectivity index (χ4v) is 3.20. The highest BCUT2D eigenvalue weighted by atomic mass is 16.2. The molecule has 0 saturated carbocycles. The maximum atomic E-state index is 12.3. The summed E-state index contributed by atoms with van der Waals surface area (Å²) < 4.78 is 0.